The smallest absolute Gasteiger partial charge is 0.298 e. The molecule has 3 atom stereocenters. The first kappa shape index (κ1) is 17.9. The second kappa shape index (κ2) is 7.04. The lowest BCUT2D eigenvalue weighted by Gasteiger charge is -2.44. The summed E-state index contributed by atoms with van der Waals surface area (Å²) in [4.78, 5) is 22.3. The summed E-state index contributed by atoms with van der Waals surface area (Å²) in [7, 11) is 0. The average molecular weight is 384 g/mol. The van der Waals surface area contributed by atoms with Crippen molar-refractivity contribution in [1.82, 2.24) is 15.2 Å². The van der Waals surface area contributed by atoms with Crippen molar-refractivity contribution >= 4 is 23.0 Å². The van der Waals surface area contributed by atoms with E-state index < -0.39 is 0 Å². The number of piperidine rings is 3. The third-order valence-corrected chi connectivity index (χ3v) is 6.32. The molecule has 1 aromatic heterocycles. The predicted molar refractivity (Wildman–Crippen MR) is 107 cm³/mol. The summed E-state index contributed by atoms with van der Waals surface area (Å²) in [6.07, 6.45) is 2.60. The first-order chi connectivity index (χ1) is 13.6. The highest BCUT2D eigenvalue weighted by Crippen LogP contribution is 2.29. The number of morpholine rings is 1. The zero-order valence-corrected chi connectivity index (χ0v) is 16.6. The molecule has 2 aromatic rings. The molecule has 150 valence electrons. The number of fused-ring (bicyclic) bond motifs is 4. The molecular weight excluding hydrogens is 356 g/mol. The molecule has 1 aromatic carbocycles. The van der Waals surface area contributed by atoms with Gasteiger partial charge in [-0.15, -0.1) is 0 Å². The Morgan fingerprint density at radius 3 is 2.57 bits per heavy atom. The van der Waals surface area contributed by atoms with Gasteiger partial charge in [0.25, 0.3) is 11.9 Å². The summed E-state index contributed by atoms with van der Waals surface area (Å²) in [6.45, 7) is 8.86. The number of oxazole rings is 1. The van der Waals surface area contributed by atoms with Gasteiger partial charge in [0, 0.05) is 25.7 Å². The van der Waals surface area contributed by atoms with Crippen LogP contribution in [0, 0.1) is 5.92 Å². The molecule has 7 heteroatoms. The van der Waals surface area contributed by atoms with Gasteiger partial charge in [-0.05, 0) is 57.8 Å². The predicted octanol–water partition coefficient (Wildman–Crippen LogP) is 2.27. The van der Waals surface area contributed by atoms with Crippen LogP contribution in [0.3, 0.4) is 0 Å². The fraction of sp³-hybridized carbons (Fsp3) is 0.619. The van der Waals surface area contributed by atoms with Crippen LogP contribution in [0.15, 0.2) is 22.6 Å². The third-order valence-electron chi connectivity index (χ3n) is 6.32. The van der Waals surface area contributed by atoms with Gasteiger partial charge in [0.05, 0.1) is 17.8 Å². The van der Waals surface area contributed by atoms with Crippen LogP contribution in [0.4, 0.5) is 6.01 Å². The Morgan fingerprint density at radius 1 is 1.14 bits per heavy atom. The Labute approximate surface area is 165 Å². The number of carbonyl (C=O) groups excluding carboxylic acids is 1. The second-order valence-electron chi connectivity index (χ2n) is 8.53. The minimum absolute atomic E-state index is 0.0482. The van der Waals surface area contributed by atoms with Gasteiger partial charge in [0.1, 0.15) is 5.52 Å². The first-order valence-electron chi connectivity index (χ1n) is 10.4. The SMILES string of the molecule is C[C@@H]1CN(c2nc3c(C(=O)NC4CN5CCC4CC5)cccc3o2)C[C@H](C)O1. The Morgan fingerprint density at radius 2 is 1.89 bits per heavy atom. The van der Waals surface area contributed by atoms with Crippen LogP contribution >= 0.6 is 0 Å². The Kier molecular flexibility index (Phi) is 4.51. The monoisotopic (exact) mass is 384 g/mol. The van der Waals surface area contributed by atoms with Crippen LogP contribution < -0.4 is 10.2 Å². The van der Waals surface area contributed by atoms with Crippen LogP contribution in [-0.2, 0) is 4.74 Å². The van der Waals surface area contributed by atoms with Crippen LogP contribution in [0.25, 0.3) is 11.1 Å². The van der Waals surface area contributed by atoms with Crippen molar-refractivity contribution in [3.8, 4) is 0 Å². The highest BCUT2D eigenvalue weighted by atomic mass is 16.5. The van der Waals surface area contributed by atoms with E-state index in [1.165, 1.54) is 12.8 Å². The molecule has 5 heterocycles. The zero-order chi connectivity index (χ0) is 19.3. The van der Waals surface area contributed by atoms with Crippen molar-refractivity contribution in [3.63, 3.8) is 0 Å². The van der Waals surface area contributed by atoms with Gasteiger partial charge in [-0.25, -0.2) is 0 Å². The molecule has 0 spiro atoms. The van der Waals surface area contributed by atoms with Crippen molar-refractivity contribution in [1.29, 1.82) is 0 Å². The van der Waals surface area contributed by atoms with Crippen molar-refractivity contribution in [2.24, 2.45) is 5.92 Å². The van der Waals surface area contributed by atoms with Crippen molar-refractivity contribution in [2.45, 2.75) is 44.9 Å². The molecule has 1 N–H and O–H groups in total. The Bertz CT molecular complexity index is 864. The van der Waals surface area contributed by atoms with Gasteiger partial charge in [-0.1, -0.05) is 6.07 Å². The average Bonchev–Trinajstić information content (AvgIpc) is 3.12. The number of ether oxygens (including phenoxy) is 1. The van der Waals surface area contributed by atoms with E-state index in [0.29, 0.717) is 28.6 Å². The lowest BCUT2D eigenvalue weighted by Crippen LogP contribution is -2.57. The van der Waals surface area contributed by atoms with Crippen LogP contribution in [0.5, 0.6) is 0 Å². The molecule has 4 fully saturated rings. The Hall–Kier alpha value is -2.12. The maximum atomic E-state index is 13.0. The quantitative estimate of drug-likeness (QED) is 0.875. The summed E-state index contributed by atoms with van der Waals surface area (Å²) in [5.74, 6) is 0.547. The molecule has 2 bridgehead atoms. The number of benzene rings is 1. The largest absolute Gasteiger partial charge is 0.423 e. The Balaban J connectivity index is 1.39. The highest BCUT2D eigenvalue weighted by Gasteiger charge is 2.35. The van der Waals surface area contributed by atoms with E-state index in [0.717, 1.165) is 32.7 Å². The molecular formula is C21H28N4O3. The molecule has 0 aliphatic carbocycles. The highest BCUT2D eigenvalue weighted by molar-refractivity contribution is 6.04. The van der Waals surface area contributed by atoms with Crippen LogP contribution in [0.2, 0.25) is 0 Å². The minimum atomic E-state index is -0.0482. The lowest BCUT2D eigenvalue weighted by atomic mass is 9.84. The van der Waals surface area contributed by atoms with E-state index in [-0.39, 0.29) is 24.2 Å². The number of para-hydroxylation sites is 1. The van der Waals surface area contributed by atoms with E-state index in [1.807, 2.05) is 18.2 Å². The van der Waals surface area contributed by atoms with E-state index >= 15 is 0 Å². The molecule has 4 aliphatic rings. The normalized spacial score (nSPS) is 32.6. The number of nitrogens with one attached hydrogen (secondary N) is 1. The van der Waals surface area contributed by atoms with Crippen molar-refractivity contribution in [3.05, 3.63) is 23.8 Å². The maximum Gasteiger partial charge on any atom is 0.298 e. The van der Waals surface area contributed by atoms with Crippen molar-refractivity contribution in [2.75, 3.05) is 37.6 Å². The first-order valence-corrected chi connectivity index (χ1v) is 10.4. The van der Waals surface area contributed by atoms with E-state index in [2.05, 4.69) is 29.0 Å². The molecule has 4 aliphatic heterocycles. The summed E-state index contributed by atoms with van der Waals surface area (Å²) in [5, 5.41) is 3.27. The molecule has 7 nitrogen and oxygen atoms in total. The number of aromatic nitrogens is 1. The molecule has 6 rings (SSSR count). The molecule has 4 saturated heterocycles. The van der Waals surface area contributed by atoms with Gasteiger partial charge in [0.2, 0.25) is 0 Å². The number of anilines is 1. The van der Waals surface area contributed by atoms with Gasteiger partial charge < -0.3 is 24.3 Å². The summed E-state index contributed by atoms with van der Waals surface area (Å²) in [6, 6.07) is 6.39. The van der Waals surface area contributed by atoms with Gasteiger partial charge >= 0.3 is 0 Å². The van der Waals surface area contributed by atoms with E-state index in [9.17, 15) is 4.79 Å². The van der Waals surface area contributed by atoms with Gasteiger partial charge in [-0.2, -0.15) is 4.98 Å². The van der Waals surface area contributed by atoms with E-state index in [1.54, 1.807) is 0 Å². The van der Waals surface area contributed by atoms with Crippen molar-refractivity contribution < 1.29 is 13.9 Å². The fourth-order valence-corrected chi connectivity index (χ4v) is 4.96. The van der Waals surface area contributed by atoms with Gasteiger partial charge in [0.15, 0.2) is 5.58 Å². The number of amides is 1. The summed E-state index contributed by atoms with van der Waals surface area (Å²) >= 11 is 0. The maximum absolute atomic E-state index is 13.0. The number of carbonyl (C=O) groups is 1. The molecule has 0 radical (unpaired) electrons. The molecule has 1 unspecified atom stereocenters. The summed E-state index contributed by atoms with van der Waals surface area (Å²) < 4.78 is 11.8. The number of rotatable bonds is 3. The second-order valence-corrected chi connectivity index (χ2v) is 8.53. The lowest BCUT2D eigenvalue weighted by molar-refractivity contribution is -0.00662. The van der Waals surface area contributed by atoms with Crippen LogP contribution in [-0.4, -0.2) is 66.8 Å². The third kappa shape index (κ3) is 3.26. The number of hydrogen-bond acceptors (Lipinski definition) is 6. The minimum Gasteiger partial charge on any atom is -0.423 e. The standard InChI is InChI=1S/C21H28N4O3/c1-13-10-25(11-14(2)27-13)21-23-19-16(4-3-5-18(19)28-21)20(26)22-17-12-24-8-6-15(17)7-9-24/h3-5,13-15,17H,6-12H2,1-2H3,(H,22,26)/t13-,14+,17?. The molecule has 1 amide bonds. The van der Waals surface area contributed by atoms with Gasteiger partial charge in [-0.3, -0.25) is 4.79 Å². The summed E-state index contributed by atoms with van der Waals surface area (Å²) in [5.41, 5.74) is 1.89. The zero-order valence-electron chi connectivity index (χ0n) is 16.6. The topological polar surface area (TPSA) is 70.8 Å². The number of nitrogens with zero attached hydrogens (tertiary/aromatic N) is 3. The molecule has 0 saturated carbocycles. The van der Waals surface area contributed by atoms with Crippen LogP contribution in [0.1, 0.15) is 37.0 Å². The fourth-order valence-electron chi connectivity index (χ4n) is 4.96. The number of hydrogen-bond donors (Lipinski definition) is 1. The molecule has 28 heavy (non-hydrogen) atoms. The van der Waals surface area contributed by atoms with E-state index in [4.69, 9.17) is 14.1 Å².